The quantitative estimate of drug-likeness (QED) is 0.764. The average molecular weight is 212 g/mol. The molecule has 0 aliphatic carbocycles. The molecular formula is C11H20N2O2. The highest BCUT2D eigenvalue weighted by Gasteiger charge is 2.36. The third-order valence-corrected chi connectivity index (χ3v) is 3.27. The van der Waals surface area contributed by atoms with E-state index in [9.17, 15) is 4.79 Å². The zero-order valence-electron chi connectivity index (χ0n) is 9.37. The zero-order chi connectivity index (χ0) is 10.7. The number of piperidine rings is 1. The van der Waals surface area contributed by atoms with E-state index in [0.29, 0.717) is 5.92 Å². The van der Waals surface area contributed by atoms with Crippen molar-refractivity contribution in [1.82, 2.24) is 10.2 Å². The maximum absolute atomic E-state index is 11.5. The van der Waals surface area contributed by atoms with Crippen molar-refractivity contribution >= 4 is 6.09 Å². The molecule has 4 nitrogen and oxygen atoms in total. The molecule has 0 aromatic heterocycles. The van der Waals surface area contributed by atoms with Gasteiger partial charge in [0.2, 0.25) is 0 Å². The molecule has 2 heterocycles. The fourth-order valence-corrected chi connectivity index (χ4v) is 2.43. The highest BCUT2D eigenvalue weighted by Crippen LogP contribution is 2.23. The van der Waals surface area contributed by atoms with Crippen LogP contribution >= 0.6 is 0 Å². The normalized spacial score (nSPS) is 31.8. The van der Waals surface area contributed by atoms with Gasteiger partial charge in [-0.25, -0.2) is 4.79 Å². The predicted molar refractivity (Wildman–Crippen MR) is 57.7 cm³/mol. The Kier molecular flexibility index (Phi) is 3.46. The predicted octanol–water partition coefficient (Wildman–Crippen LogP) is 1.22. The lowest BCUT2D eigenvalue weighted by atomic mass is 9.94. The van der Waals surface area contributed by atoms with E-state index in [1.54, 1.807) is 0 Å². The van der Waals surface area contributed by atoms with Crippen LogP contribution in [0.5, 0.6) is 0 Å². The summed E-state index contributed by atoms with van der Waals surface area (Å²) >= 11 is 0. The molecule has 0 bridgehead atoms. The molecule has 2 aliphatic heterocycles. The van der Waals surface area contributed by atoms with Crippen molar-refractivity contribution in [3.05, 3.63) is 0 Å². The summed E-state index contributed by atoms with van der Waals surface area (Å²) in [7, 11) is 0. The molecule has 2 saturated heterocycles. The first kappa shape index (κ1) is 10.7. The molecule has 0 radical (unpaired) electrons. The maximum Gasteiger partial charge on any atom is 0.410 e. The van der Waals surface area contributed by atoms with E-state index in [1.807, 2.05) is 4.90 Å². The average Bonchev–Trinajstić information content (AvgIpc) is 2.63. The second kappa shape index (κ2) is 4.84. The Hall–Kier alpha value is -0.770. The van der Waals surface area contributed by atoms with Crippen LogP contribution in [-0.2, 0) is 4.74 Å². The molecule has 15 heavy (non-hydrogen) atoms. The summed E-state index contributed by atoms with van der Waals surface area (Å²) in [5, 5.41) is 3.36. The first-order valence-corrected chi connectivity index (χ1v) is 5.97. The minimum Gasteiger partial charge on any atom is -0.444 e. The van der Waals surface area contributed by atoms with Gasteiger partial charge >= 0.3 is 6.09 Å². The van der Waals surface area contributed by atoms with Crippen molar-refractivity contribution in [3.8, 4) is 0 Å². The third kappa shape index (κ3) is 2.43. The molecule has 0 aromatic rings. The molecular weight excluding hydrogens is 192 g/mol. The minimum absolute atomic E-state index is 0.118. The van der Waals surface area contributed by atoms with E-state index < -0.39 is 0 Å². The molecule has 2 fully saturated rings. The van der Waals surface area contributed by atoms with Gasteiger partial charge in [-0.2, -0.15) is 0 Å². The summed E-state index contributed by atoms with van der Waals surface area (Å²) in [5.74, 6) is 0.518. The van der Waals surface area contributed by atoms with Gasteiger partial charge in [0.05, 0.1) is 6.54 Å². The Morgan fingerprint density at radius 3 is 3.13 bits per heavy atom. The van der Waals surface area contributed by atoms with Crippen LogP contribution in [0.4, 0.5) is 4.79 Å². The molecule has 1 amide bonds. The summed E-state index contributed by atoms with van der Waals surface area (Å²) in [6.45, 7) is 5.81. The van der Waals surface area contributed by atoms with Crippen LogP contribution in [0.2, 0.25) is 0 Å². The van der Waals surface area contributed by atoms with Crippen LogP contribution in [-0.4, -0.2) is 43.3 Å². The topological polar surface area (TPSA) is 41.6 Å². The Balaban J connectivity index is 1.87. The Bertz CT molecular complexity index is 227. The number of carbonyl (C=O) groups is 1. The number of rotatable bonds is 3. The van der Waals surface area contributed by atoms with Gasteiger partial charge in [-0.3, -0.25) is 0 Å². The standard InChI is InChI=1S/C11H20N2O2/c1-2-6-13-8-10(15-11(13)14)9-4-3-5-12-7-9/h9-10,12H,2-8H2,1H3. The minimum atomic E-state index is -0.118. The highest BCUT2D eigenvalue weighted by molar-refractivity contribution is 5.69. The van der Waals surface area contributed by atoms with Crippen molar-refractivity contribution in [2.45, 2.75) is 32.3 Å². The van der Waals surface area contributed by atoms with Crippen molar-refractivity contribution in [3.63, 3.8) is 0 Å². The van der Waals surface area contributed by atoms with Crippen LogP contribution in [0.15, 0.2) is 0 Å². The zero-order valence-corrected chi connectivity index (χ0v) is 9.37. The van der Waals surface area contributed by atoms with Gasteiger partial charge in [0, 0.05) is 19.0 Å². The van der Waals surface area contributed by atoms with E-state index in [2.05, 4.69) is 12.2 Å². The van der Waals surface area contributed by atoms with Crippen LogP contribution in [0.25, 0.3) is 0 Å². The van der Waals surface area contributed by atoms with Crippen LogP contribution in [0, 0.1) is 5.92 Å². The lowest BCUT2D eigenvalue weighted by molar-refractivity contribution is 0.0927. The highest BCUT2D eigenvalue weighted by atomic mass is 16.6. The van der Waals surface area contributed by atoms with Crippen molar-refractivity contribution in [1.29, 1.82) is 0 Å². The number of hydrogen-bond donors (Lipinski definition) is 1. The lowest BCUT2D eigenvalue weighted by Crippen LogP contribution is -2.38. The first-order chi connectivity index (χ1) is 7.31. The fourth-order valence-electron chi connectivity index (χ4n) is 2.43. The van der Waals surface area contributed by atoms with Gasteiger partial charge in [-0.1, -0.05) is 6.92 Å². The Labute approximate surface area is 91.0 Å². The first-order valence-electron chi connectivity index (χ1n) is 5.97. The number of cyclic esters (lactones) is 1. The smallest absolute Gasteiger partial charge is 0.410 e. The van der Waals surface area contributed by atoms with Crippen molar-refractivity contribution < 1.29 is 9.53 Å². The van der Waals surface area contributed by atoms with Gasteiger partial charge in [0.15, 0.2) is 0 Å². The second-order valence-electron chi connectivity index (χ2n) is 4.47. The van der Waals surface area contributed by atoms with E-state index in [4.69, 9.17) is 4.74 Å². The number of nitrogens with one attached hydrogen (secondary N) is 1. The molecule has 2 atom stereocenters. The van der Waals surface area contributed by atoms with Crippen LogP contribution < -0.4 is 5.32 Å². The molecule has 4 heteroatoms. The summed E-state index contributed by atoms with van der Waals surface area (Å²) in [6, 6.07) is 0. The van der Waals surface area contributed by atoms with Gasteiger partial charge in [-0.15, -0.1) is 0 Å². The third-order valence-electron chi connectivity index (χ3n) is 3.27. The molecule has 0 aromatic carbocycles. The molecule has 86 valence electrons. The lowest BCUT2D eigenvalue weighted by Gasteiger charge is -2.26. The van der Waals surface area contributed by atoms with Crippen LogP contribution in [0.3, 0.4) is 0 Å². The molecule has 2 unspecified atom stereocenters. The summed E-state index contributed by atoms with van der Waals surface area (Å²) < 4.78 is 5.41. The van der Waals surface area contributed by atoms with Gasteiger partial charge in [0.1, 0.15) is 6.10 Å². The van der Waals surface area contributed by atoms with E-state index in [1.165, 1.54) is 12.8 Å². The van der Waals surface area contributed by atoms with Gasteiger partial charge < -0.3 is 15.0 Å². The summed E-state index contributed by atoms with van der Waals surface area (Å²) in [5.41, 5.74) is 0. The summed E-state index contributed by atoms with van der Waals surface area (Å²) in [4.78, 5) is 13.3. The number of amides is 1. The second-order valence-corrected chi connectivity index (χ2v) is 4.47. The molecule has 0 spiro atoms. The molecule has 0 saturated carbocycles. The van der Waals surface area contributed by atoms with Crippen molar-refractivity contribution in [2.24, 2.45) is 5.92 Å². The monoisotopic (exact) mass is 212 g/mol. The van der Waals surface area contributed by atoms with Gasteiger partial charge in [-0.05, 0) is 25.8 Å². The van der Waals surface area contributed by atoms with E-state index in [-0.39, 0.29) is 12.2 Å². The van der Waals surface area contributed by atoms with Crippen LogP contribution in [0.1, 0.15) is 26.2 Å². The Morgan fingerprint density at radius 1 is 1.60 bits per heavy atom. The molecule has 2 aliphatic rings. The Morgan fingerprint density at radius 2 is 2.47 bits per heavy atom. The summed E-state index contributed by atoms with van der Waals surface area (Å²) in [6.07, 6.45) is 3.39. The molecule has 2 rings (SSSR count). The number of nitrogens with zero attached hydrogens (tertiary/aromatic N) is 1. The SMILES string of the molecule is CCCN1CC(C2CCCNC2)OC1=O. The van der Waals surface area contributed by atoms with Crippen molar-refractivity contribution in [2.75, 3.05) is 26.2 Å². The molecule has 1 N–H and O–H groups in total. The number of ether oxygens (including phenoxy) is 1. The number of carbonyl (C=O) groups excluding carboxylic acids is 1. The van der Waals surface area contributed by atoms with Gasteiger partial charge in [0.25, 0.3) is 0 Å². The fraction of sp³-hybridized carbons (Fsp3) is 0.909. The van der Waals surface area contributed by atoms with E-state index in [0.717, 1.165) is 32.6 Å². The number of hydrogen-bond acceptors (Lipinski definition) is 3. The maximum atomic E-state index is 11.5. The largest absolute Gasteiger partial charge is 0.444 e. The van der Waals surface area contributed by atoms with E-state index >= 15 is 0 Å².